The van der Waals surface area contributed by atoms with Gasteiger partial charge in [0.1, 0.15) is 0 Å². The van der Waals surface area contributed by atoms with Crippen LogP contribution in [-0.2, 0) is 4.79 Å². The second-order valence-corrected chi connectivity index (χ2v) is 6.02. The first-order chi connectivity index (χ1) is 10.8. The Morgan fingerprint density at radius 2 is 1.74 bits per heavy atom. The summed E-state index contributed by atoms with van der Waals surface area (Å²) in [7, 11) is 0. The van der Waals surface area contributed by atoms with Crippen LogP contribution < -0.4 is 16.2 Å². The summed E-state index contributed by atoms with van der Waals surface area (Å²) in [4.78, 5) is 12.0. The van der Waals surface area contributed by atoms with Gasteiger partial charge >= 0.3 is 6.18 Å². The first-order valence-electron chi connectivity index (χ1n) is 7.71. The van der Waals surface area contributed by atoms with Crippen molar-refractivity contribution in [3.8, 4) is 0 Å². The van der Waals surface area contributed by atoms with Crippen LogP contribution >= 0.6 is 0 Å². The summed E-state index contributed by atoms with van der Waals surface area (Å²) >= 11 is 0. The molecule has 4 nitrogen and oxygen atoms in total. The third-order valence-electron chi connectivity index (χ3n) is 4.29. The summed E-state index contributed by atoms with van der Waals surface area (Å²) in [5, 5.41) is 2.12. The Balaban J connectivity index is 1.96. The Bertz CT molecular complexity index is 511. The predicted octanol–water partition coefficient (Wildman–Crippen LogP) is 2.69. The normalized spacial score (nSPS) is 26.0. The number of amides is 1. The molecule has 0 aromatic heterocycles. The van der Waals surface area contributed by atoms with Crippen molar-refractivity contribution in [1.29, 1.82) is 0 Å². The molecule has 2 unspecified atom stereocenters. The van der Waals surface area contributed by atoms with E-state index in [9.17, 15) is 18.0 Å². The summed E-state index contributed by atoms with van der Waals surface area (Å²) < 4.78 is 39.6. The molecule has 0 aliphatic carbocycles. The molecule has 0 bridgehead atoms. The standard InChI is InChI=1S/C16H22F3N3O/c1-10-13(11(2)22-21-10)8-9-14(23)20-15(16(17,18)19)12-6-4-3-5-7-12/h3-7,10-11,13,15,21-22H,8-9H2,1-2H3,(H,20,23)/t10?,11?,13?,15-/m1/s1. The van der Waals surface area contributed by atoms with Crippen LogP contribution in [0.4, 0.5) is 13.2 Å². The number of hydrogen-bond acceptors (Lipinski definition) is 3. The van der Waals surface area contributed by atoms with E-state index in [2.05, 4.69) is 16.2 Å². The first-order valence-corrected chi connectivity index (χ1v) is 7.71. The van der Waals surface area contributed by atoms with Crippen LogP contribution in [0, 0.1) is 5.92 Å². The second kappa shape index (κ2) is 7.31. The fraction of sp³-hybridized carbons (Fsp3) is 0.562. The van der Waals surface area contributed by atoms with E-state index in [1.165, 1.54) is 24.3 Å². The zero-order valence-corrected chi connectivity index (χ0v) is 13.2. The zero-order valence-electron chi connectivity index (χ0n) is 13.2. The molecule has 0 radical (unpaired) electrons. The van der Waals surface area contributed by atoms with Gasteiger partial charge in [-0.15, -0.1) is 0 Å². The van der Waals surface area contributed by atoms with Crippen LogP contribution in [0.5, 0.6) is 0 Å². The molecule has 3 atom stereocenters. The highest BCUT2D eigenvalue weighted by Gasteiger charge is 2.41. The lowest BCUT2D eigenvalue weighted by molar-refractivity contribution is -0.163. The van der Waals surface area contributed by atoms with Crippen molar-refractivity contribution in [1.82, 2.24) is 16.2 Å². The molecule has 1 heterocycles. The number of benzene rings is 1. The summed E-state index contributed by atoms with van der Waals surface area (Å²) in [6.07, 6.45) is -3.91. The van der Waals surface area contributed by atoms with E-state index in [4.69, 9.17) is 0 Å². The molecule has 23 heavy (non-hydrogen) atoms. The van der Waals surface area contributed by atoms with Crippen molar-refractivity contribution < 1.29 is 18.0 Å². The Hall–Kier alpha value is -1.60. The third kappa shape index (κ3) is 4.68. The van der Waals surface area contributed by atoms with E-state index in [-0.39, 0.29) is 30.0 Å². The lowest BCUT2D eigenvalue weighted by Gasteiger charge is -2.23. The highest BCUT2D eigenvalue weighted by molar-refractivity contribution is 5.76. The first kappa shape index (κ1) is 17.7. The van der Waals surface area contributed by atoms with Crippen molar-refractivity contribution in [2.75, 3.05) is 0 Å². The largest absolute Gasteiger partial charge is 0.412 e. The number of nitrogens with one attached hydrogen (secondary N) is 3. The average molecular weight is 329 g/mol. The summed E-state index contributed by atoms with van der Waals surface area (Å²) in [6, 6.07) is 5.84. The van der Waals surface area contributed by atoms with Gasteiger partial charge in [0.15, 0.2) is 6.04 Å². The Morgan fingerprint density at radius 3 is 2.26 bits per heavy atom. The van der Waals surface area contributed by atoms with Gasteiger partial charge in [0.25, 0.3) is 0 Å². The van der Waals surface area contributed by atoms with E-state index in [1.54, 1.807) is 6.07 Å². The molecule has 128 valence electrons. The molecule has 0 saturated carbocycles. The van der Waals surface area contributed by atoms with E-state index in [0.29, 0.717) is 6.42 Å². The van der Waals surface area contributed by atoms with Crippen LogP contribution in [0.15, 0.2) is 30.3 Å². The Morgan fingerprint density at radius 1 is 1.17 bits per heavy atom. The Labute approximate surface area is 133 Å². The molecule has 1 aromatic carbocycles. The van der Waals surface area contributed by atoms with Crippen LogP contribution in [-0.4, -0.2) is 24.2 Å². The minimum absolute atomic E-state index is 0.0410. The van der Waals surface area contributed by atoms with E-state index in [1.807, 2.05) is 13.8 Å². The molecule has 1 aliphatic rings. The fourth-order valence-electron chi connectivity index (χ4n) is 2.94. The van der Waals surface area contributed by atoms with Crippen molar-refractivity contribution in [2.24, 2.45) is 5.92 Å². The quantitative estimate of drug-likeness (QED) is 0.778. The van der Waals surface area contributed by atoms with Gasteiger partial charge in [-0.05, 0) is 31.7 Å². The van der Waals surface area contributed by atoms with E-state index < -0.39 is 18.1 Å². The number of halogens is 3. The van der Waals surface area contributed by atoms with Gasteiger partial charge in [-0.1, -0.05) is 30.3 Å². The SMILES string of the molecule is CC1NNC(C)C1CCC(=O)N[C@H](c1ccccc1)C(F)(F)F. The smallest absolute Gasteiger partial charge is 0.341 e. The monoisotopic (exact) mass is 329 g/mol. The maximum atomic E-state index is 13.2. The minimum Gasteiger partial charge on any atom is -0.341 e. The topological polar surface area (TPSA) is 53.2 Å². The predicted molar refractivity (Wildman–Crippen MR) is 81.3 cm³/mol. The maximum absolute atomic E-state index is 13.2. The van der Waals surface area contributed by atoms with Gasteiger partial charge in [-0.2, -0.15) is 13.2 Å². The highest BCUT2D eigenvalue weighted by Crippen LogP contribution is 2.32. The van der Waals surface area contributed by atoms with Crippen molar-refractivity contribution in [2.45, 2.75) is 51.0 Å². The number of carbonyl (C=O) groups is 1. The van der Waals surface area contributed by atoms with Gasteiger partial charge < -0.3 is 5.32 Å². The lowest BCUT2D eigenvalue weighted by atomic mass is 9.91. The van der Waals surface area contributed by atoms with E-state index >= 15 is 0 Å². The molecule has 1 amide bonds. The molecule has 3 N–H and O–H groups in total. The molecule has 1 aliphatic heterocycles. The van der Waals surface area contributed by atoms with Crippen LogP contribution in [0.25, 0.3) is 0 Å². The molecule has 1 fully saturated rings. The van der Waals surface area contributed by atoms with Crippen molar-refractivity contribution in [3.63, 3.8) is 0 Å². The van der Waals surface area contributed by atoms with Gasteiger partial charge in [-0.25, -0.2) is 0 Å². The molecule has 2 rings (SSSR count). The average Bonchev–Trinajstić information content (AvgIpc) is 2.81. The summed E-state index contributed by atoms with van der Waals surface area (Å²) in [5.41, 5.74) is 6.19. The molecule has 1 saturated heterocycles. The second-order valence-electron chi connectivity index (χ2n) is 6.02. The van der Waals surface area contributed by atoms with Gasteiger partial charge in [0, 0.05) is 18.5 Å². The number of hydrazine groups is 1. The highest BCUT2D eigenvalue weighted by atomic mass is 19.4. The maximum Gasteiger partial charge on any atom is 0.412 e. The minimum atomic E-state index is -4.52. The number of rotatable bonds is 5. The van der Waals surface area contributed by atoms with Crippen LogP contribution in [0.3, 0.4) is 0 Å². The lowest BCUT2D eigenvalue weighted by Crippen LogP contribution is -2.38. The molecular weight excluding hydrogens is 307 g/mol. The third-order valence-corrected chi connectivity index (χ3v) is 4.29. The fourth-order valence-corrected chi connectivity index (χ4v) is 2.94. The van der Waals surface area contributed by atoms with Gasteiger partial charge in [0.05, 0.1) is 0 Å². The van der Waals surface area contributed by atoms with Gasteiger partial charge in [-0.3, -0.25) is 15.6 Å². The number of alkyl halides is 3. The van der Waals surface area contributed by atoms with Crippen molar-refractivity contribution in [3.05, 3.63) is 35.9 Å². The zero-order chi connectivity index (χ0) is 17.0. The number of hydrogen-bond donors (Lipinski definition) is 3. The molecule has 7 heteroatoms. The van der Waals surface area contributed by atoms with Crippen LogP contribution in [0.2, 0.25) is 0 Å². The molecular formula is C16H22F3N3O. The van der Waals surface area contributed by atoms with E-state index in [0.717, 1.165) is 0 Å². The molecule has 0 spiro atoms. The summed E-state index contributed by atoms with van der Waals surface area (Å²) in [6.45, 7) is 3.98. The Kier molecular flexibility index (Phi) is 5.64. The summed E-state index contributed by atoms with van der Waals surface area (Å²) in [5.74, 6) is -0.371. The molecule has 1 aromatic rings. The van der Waals surface area contributed by atoms with Gasteiger partial charge in [0.2, 0.25) is 5.91 Å². The number of carbonyl (C=O) groups excluding carboxylic acids is 1. The van der Waals surface area contributed by atoms with Crippen LogP contribution in [0.1, 0.15) is 38.3 Å². The van der Waals surface area contributed by atoms with Crippen molar-refractivity contribution >= 4 is 5.91 Å².